The highest BCUT2D eigenvalue weighted by Crippen LogP contribution is 2.30. The third-order valence-corrected chi connectivity index (χ3v) is 3.67. The summed E-state index contributed by atoms with van der Waals surface area (Å²) in [4.78, 5) is 11.4. The number of rotatable bonds is 2. The summed E-state index contributed by atoms with van der Waals surface area (Å²) in [5.41, 5.74) is 2.38. The summed E-state index contributed by atoms with van der Waals surface area (Å²) in [6, 6.07) is 0.195. The van der Waals surface area contributed by atoms with Gasteiger partial charge in [-0.15, -0.1) is 0 Å². The fourth-order valence-corrected chi connectivity index (χ4v) is 2.83. The molecule has 5 nitrogen and oxygen atoms in total. The van der Waals surface area contributed by atoms with Crippen molar-refractivity contribution in [3.05, 3.63) is 17.0 Å². The van der Waals surface area contributed by atoms with Gasteiger partial charge in [-0.05, 0) is 32.1 Å². The maximum atomic E-state index is 11.4. The van der Waals surface area contributed by atoms with E-state index in [9.17, 15) is 9.90 Å². The number of aromatic nitrogens is 2. The number of carbonyl (C=O) groups is 1. The zero-order valence-electron chi connectivity index (χ0n) is 9.69. The Bertz CT molecular complexity index is 447. The lowest BCUT2D eigenvalue weighted by atomic mass is 10.1. The van der Waals surface area contributed by atoms with Crippen LogP contribution in [0.1, 0.15) is 47.1 Å². The predicted molar refractivity (Wildman–Crippen MR) is 60.3 cm³/mol. The molecule has 0 aromatic carbocycles. The molecule has 0 atom stereocenters. The lowest BCUT2D eigenvalue weighted by molar-refractivity contribution is 0.0581. The van der Waals surface area contributed by atoms with Crippen LogP contribution in [0.15, 0.2) is 0 Å². The van der Waals surface area contributed by atoms with Crippen LogP contribution >= 0.6 is 0 Å². The van der Waals surface area contributed by atoms with Gasteiger partial charge in [0.2, 0.25) is 0 Å². The van der Waals surface area contributed by atoms with E-state index in [1.807, 2.05) is 0 Å². The number of hydrogen-bond acceptors (Lipinski definition) is 3. The predicted octanol–water partition coefficient (Wildman–Crippen LogP) is 1.42. The van der Waals surface area contributed by atoms with Crippen molar-refractivity contribution in [2.24, 2.45) is 0 Å². The number of aryl methyl sites for hydroxylation is 1. The number of hydrogen-bond donors (Lipinski definition) is 1. The van der Waals surface area contributed by atoms with Gasteiger partial charge in [0, 0.05) is 18.8 Å². The highest BCUT2D eigenvalue weighted by atomic mass is 16.5. The van der Waals surface area contributed by atoms with E-state index in [1.165, 1.54) is 0 Å². The summed E-state index contributed by atoms with van der Waals surface area (Å²) in [5, 5.41) is 13.9. The van der Waals surface area contributed by atoms with Gasteiger partial charge >= 0.3 is 5.97 Å². The van der Waals surface area contributed by atoms with Crippen LogP contribution in [0.4, 0.5) is 0 Å². The second kappa shape index (κ2) is 4.14. The van der Waals surface area contributed by atoms with E-state index < -0.39 is 5.97 Å². The van der Waals surface area contributed by atoms with Crippen LogP contribution in [0, 0.1) is 0 Å². The van der Waals surface area contributed by atoms with Crippen LogP contribution < -0.4 is 0 Å². The second-order valence-corrected chi connectivity index (χ2v) is 4.72. The first-order valence-corrected chi connectivity index (χ1v) is 6.18. The Morgan fingerprint density at radius 2 is 2.12 bits per heavy atom. The summed E-state index contributed by atoms with van der Waals surface area (Å²) in [7, 11) is 0. The average molecular weight is 236 g/mol. The molecular formula is C12H16N2O3. The molecule has 1 aliphatic carbocycles. The molecule has 17 heavy (non-hydrogen) atoms. The van der Waals surface area contributed by atoms with Crippen molar-refractivity contribution in [1.29, 1.82) is 0 Å². The molecule has 0 radical (unpaired) electrons. The molecule has 1 saturated heterocycles. The Hall–Kier alpha value is -1.36. The minimum absolute atomic E-state index is 0.195. The standard InChI is InChI=1S/C12H16N2O3/c15-12(16)11-9-2-1-3-10(9)13-14(11)8-4-6-17-7-5-8/h8H,1-7H2,(H,15,16). The molecule has 92 valence electrons. The van der Waals surface area contributed by atoms with Crippen LogP contribution in [0.2, 0.25) is 0 Å². The quantitative estimate of drug-likeness (QED) is 0.843. The topological polar surface area (TPSA) is 64.3 Å². The molecule has 5 heteroatoms. The van der Waals surface area contributed by atoms with E-state index in [0.29, 0.717) is 18.9 Å². The zero-order chi connectivity index (χ0) is 11.8. The maximum absolute atomic E-state index is 11.4. The number of carboxylic acids is 1. The van der Waals surface area contributed by atoms with E-state index in [0.717, 1.165) is 43.4 Å². The monoisotopic (exact) mass is 236 g/mol. The SMILES string of the molecule is O=C(O)c1c2c(nn1C1CCOCC1)CCC2. The summed E-state index contributed by atoms with van der Waals surface area (Å²) in [6.07, 6.45) is 4.54. The third kappa shape index (κ3) is 1.74. The van der Waals surface area contributed by atoms with Crippen molar-refractivity contribution < 1.29 is 14.6 Å². The summed E-state index contributed by atoms with van der Waals surface area (Å²) in [6.45, 7) is 1.41. The van der Waals surface area contributed by atoms with Crippen LogP contribution in [-0.2, 0) is 17.6 Å². The minimum Gasteiger partial charge on any atom is -0.477 e. The number of aromatic carboxylic acids is 1. The number of fused-ring (bicyclic) bond motifs is 1. The molecule has 1 aromatic heterocycles. The van der Waals surface area contributed by atoms with Crippen molar-refractivity contribution in [2.45, 2.75) is 38.1 Å². The number of ether oxygens (including phenoxy) is 1. The molecule has 1 N–H and O–H groups in total. The second-order valence-electron chi connectivity index (χ2n) is 4.72. The number of carboxylic acid groups (broad SMARTS) is 1. The lowest BCUT2D eigenvalue weighted by Gasteiger charge is -2.23. The van der Waals surface area contributed by atoms with Gasteiger partial charge in [-0.1, -0.05) is 0 Å². The highest BCUT2D eigenvalue weighted by molar-refractivity contribution is 5.88. The van der Waals surface area contributed by atoms with Gasteiger partial charge in [-0.25, -0.2) is 4.79 Å². The Morgan fingerprint density at radius 1 is 1.35 bits per heavy atom. The van der Waals surface area contributed by atoms with Crippen molar-refractivity contribution in [1.82, 2.24) is 9.78 Å². The first-order chi connectivity index (χ1) is 8.27. The van der Waals surface area contributed by atoms with Crippen molar-refractivity contribution >= 4 is 5.97 Å². The fourth-order valence-electron chi connectivity index (χ4n) is 2.83. The molecule has 1 fully saturated rings. The molecule has 1 aromatic rings. The molecule has 0 amide bonds. The van der Waals surface area contributed by atoms with Gasteiger partial charge in [0.05, 0.1) is 11.7 Å². The van der Waals surface area contributed by atoms with Gasteiger partial charge in [-0.3, -0.25) is 4.68 Å². The van der Waals surface area contributed by atoms with Gasteiger partial charge in [0.25, 0.3) is 0 Å². The van der Waals surface area contributed by atoms with E-state index in [2.05, 4.69) is 5.10 Å². The Labute approximate surface area is 99.4 Å². The fraction of sp³-hybridized carbons (Fsp3) is 0.667. The van der Waals surface area contributed by atoms with E-state index in [-0.39, 0.29) is 6.04 Å². The van der Waals surface area contributed by atoms with Crippen molar-refractivity contribution in [3.8, 4) is 0 Å². The van der Waals surface area contributed by atoms with E-state index in [4.69, 9.17) is 4.74 Å². The first kappa shape index (κ1) is 10.8. The van der Waals surface area contributed by atoms with Gasteiger partial charge in [0.1, 0.15) is 5.69 Å². The van der Waals surface area contributed by atoms with Gasteiger partial charge in [0.15, 0.2) is 0 Å². The molecule has 2 heterocycles. The molecule has 0 bridgehead atoms. The Kier molecular flexibility index (Phi) is 2.63. The first-order valence-electron chi connectivity index (χ1n) is 6.18. The van der Waals surface area contributed by atoms with Crippen LogP contribution in [0.3, 0.4) is 0 Å². The van der Waals surface area contributed by atoms with Crippen LogP contribution in [0.25, 0.3) is 0 Å². The molecule has 0 unspecified atom stereocenters. The lowest BCUT2D eigenvalue weighted by Crippen LogP contribution is -2.24. The van der Waals surface area contributed by atoms with Crippen LogP contribution in [0.5, 0.6) is 0 Å². The highest BCUT2D eigenvalue weighted by Gasteiger charge is 2.30. The third-order valence-electron chi connectivity index (χ3n) is 3.67. The van der Waals surface area contributed by atoms with E-state index in [1.54, 1.807) is 4.68 Å². The Morgan fingerprint density at radius 3 is 2.82 bits per heavy atom. The largest absolute Gasteiger partial charge is 0.477 e. The molecule has 2 aliphatic rings. The summed E-state index contributed by atoms with van der Waals surface area (Å²) < 4.78 is 7.06. The normalized spacial score (nSPS) is 20.5. The Balaban J connectivity index is 2.00. The van der Waals surface area contributed by atoms with Gasteiger partial charge < -0.3 is 9.84 Å². The molecule has 0 spiro atoms. The molecular weight excluding hydrogens is 220 g/mol. The van der Waals surface area contributed by atoms with Crippen molar-refractivity contribution in [3.63, 3.8) is 0 Å². The average Bonchev–Trinajstić information content (AvgIpc) is 2.88. The van der Waals surface area contributed by atoms with Gasteiger partial charge in [-0.2, -0.15) is 5.10 Å². The summed E-state index contributed by atoms with van der Waals surface area (Å²) >= 11 is 0. The van der Waals surface area contributed by atoms with Crippen molar-refractivity contribution in [2.75, 3.05) is 13.2 Å². The molecule has 3 rings (SSSR count). The smallest absolute Gasteiger partial charge is 0.354 e. The summed E-state index contributed by atoms with van der Waals surface area (Å²) in [5.74, 6) is -0.841. The minimum atomic E-state index is -0.841. The molecule has 1 aliphatic heterocycles. The van der Waals surface area contributed by atoms with Crippen LogP contribution in [-0.4, -0.2) is 34.1 Å². The molecule has 0 saturated carbocycles. The van der Waals surface area contributed by atoms with E-state index >= 15 is 0 Å². The number of nitrogens with zero attached hydrogens (tertiary/aromatic N) is 2. The maximum Gasteiger partial charge on any atom is 0.354 e. The zero-order valence-corrected chi connectivity index (χ0v) is 9.69.